The molecule has 1 aromatic carbocycles. The summed E-state index contributed by atoms with van der Waals surface area (Å²) in [4.78, 5) is 1.84. The monoisotopic (exact) mass is 240 g/mol. The van der Waals surface area contributed by atoms with Gasteiger partial charge in [-0.15, -0.1) is 0 Å². The van der Waals surface area contributed by atoms with Crippen molar-refractivity contribution in [3.63, 3.8) is 0 Å². The first kappa shape index (κ1) is 12.3. The van der Waals surface area contributed by atoms with Crippen molar-refractivity contribution in [2.75, 3.05) is 25.0 Å². The molecular formula is C13H18F2N2. The average Bonchev–Trinajstić information content (AvgIpc) is 2.32. The van der Waals surface area contributed by atoms with Crippen LogP contribution in [0.3, 0.4) is 0 Å². The molecule has 1 aliphatic rings. The first-order chi connectivity index (χ1) is 8.24. The van der Waals surface area contributed by atoms with Gasteiger partial charge in [-0.1, -0.05) is 18.2 Å². The fourth-order valence-electron chi connectivity index (χ4n) is 2.23. The standard InChI is InChI=1S/C13H18F2N2/c14-13(15)10-17-8-6-12(7-9-17)16-11-4-2-1-3-5-11/h1-5,12-13,16H,6-10H2. The largest absolute Gasteiger partial charge is 0.382 e. The maximum atomic E-state index is 12.2. The predicted octanol–water partition coefficient (Wildman–Crippen LogP) is 2.83. The molecule has 17 heavy (non-hydrogen) atoms. The molecule has 1 fully saturated rings. The number of para-hydroxylation sites is 1. The smallest absolute Gasteiger partial charge is 0.251 e. The van der Waals surface area contributed by atoms with Crippen LogP contribution in [0, 0.1) is 0 Å². The quantitative estimate of drug-likeness (QED) is 0.870. The third-order valence-electron chi connectivity index (χ3n) is 3.13. The van der Waals surface area contributed by atoms with E-state index >= 15 is 0 Å². The van der Waals surface area contributed by atoms with Crippen LogP contribution in [0.2, 0.25) is 0 Å². The number of anilines is 1. The van der Waals surface area contributed by atoms with Crippen LogP contribution >= 0.6 is 0 Å². The summed E-state index contributed by atoms with van der Waals surface area (Å²) < 4.78 is 24.4. The Morgan fingerprint density at radius 3 is 2.41 bits per heavy atom. The molecule has 4 heteroatoms. The average molecular weight is 240 g/mol. The molecule has 1 aliphatic heterocycles. The highest BCUT2D eigenvalue weighted by molar-refractivity contribution is 5.43. The molecule has 0 atom stereocenters. The number of alkyl halides is 2. The molecule has 0 aromatic heterocycles. The van der Waals surface area contributed by atoms with Crippen molar-refractivity contribution in [3.05, 3.63) is 30.3 Å². The number of rotatable bonds is 4. The number of hydrogen-bond acceptors (Lipinski definition) is 2. The lowest BCUT2D eigenvalue weighted by molar-refractivity contribution is 0.0769. The highest BCUT2D eigenvalue weighted by Gasteiger charge is 2.20. The summed E-state index contributed by atoms with van der Waals surface area (Å²) in [6.45, 7) is 1.43. The summed E-state index contributed by atoms with van der Waals surface area (Å²) in [5.74, 6) is 0. The van der Waals surface area contributed by atoms with E-state index in [0.717, 1.165) is 31.6 Å². The normalized spacial score (nSPS) is 18.5. The van der Waals surface area contributed by atoms with Crippen molar-refractivity contribution >= 4 is 5.69 Å². The van der Waals surface area contributed by atoms with Crippen molar-refractivity contribution in [1.29, 1.82) is 0 Å². The maximum Gasteiger partial charge on any atom is 0.251 e. The summed E-state index contributed by atoms with van der Waals surface area (Å²) in [6, 6.07) is 10.4. The molecule has 1 saturated heterocycles. The Bertz CT molecular complexity index is 321. The van der Waals surface area contributed by atoms with Gasteiger partial charge in [-0.25, -0.2) is 8.78 Å². The lowest BCUT2D eigenvalue weighted by Gasteiger charge is -2.32. The molecule has 0 bridgehead atoms. The van der Waals surface area contributed by atoms with Gasteiger partial charge in [0.25, 0.3) is 6.43 Å². The van der Waals surface area contributed by atoms with E-state index in [0.29, 0.717) is 6.04 Å². The Kier molecular flexibility index (Phi) is 4.31. The van der Waals surface area contributed by atoms with Gasteiger partial charge in [-0.05, 0) is 25.0 Å². The van der Waals surface area contributed by atoms with E-state index in [-0.39, 0.29) is 6.54 Å². The molecule has 0 saturated carbocycles. The van der Waals surface area contributed by atoms with Crippen LogP contribution in [0.5, 0.6) is 0 Å². The van der Waals surface area contributed by atoms with E-state index < -0.39 is 6.43 Å². The van der Waals surface area contributed by atoms with Gasteiger partial charge in [0.1, 0.15) is 0 Å². The molecule has 2 nitrogen and oxygen atoms in total. The van der Waals surface area contributed by atoms with E-state index in [4.69, 9.17) is 0 Å². The fraction of sp³-hybridized carbons (Fsp3) is 0.538. The Hall–Kier alpha value is -1.16. The van der Waals surface area contributed by atoms with Crippen LogP contribution in [-0.2, 0) is 0 Å². The van der Waals surface area contributed by atoms with E-state index in [2.05, 4.69) is 5.32 Å². The zero-order valence-electron chi connectivity index (χ0n) is 9.78. The minimum Gasteiger partial charge on any atom is -0.382 e. The topological polar surface area (TPSA) is 15.3 Å². The van der Waals surface area contributed by atoms with Gasteiger partial charge in [0, 0.05) is 24.8 Å². The third kappa shape index (κ3) is 3.97. The molecular weight excluding hydrogens is 222 g/mol. The van der Waals surface area contributed by atoms with Crippen LogP contribution in [0.4, 0.5) is 14.5 Å². The lowest BCUT2D eigenvalue weighted by atomic mass is 10.0. The molecule has 94 valence electrons. The van der Waals surface area contributed by atoms with Gasteiger partial charge >= 0.3 is 0 Å². The van der Waals surface area contributed by atoms with Gasteiger partial charge in [0.05, 0.1) is 6.54 Å². The van der Waals surface area contributed by atoms with Crippen LogP contribution in [0.15, 0.2) is 30.3 Å². The number of nitrogens with one attached hydrogen (secondary N) is 1. The van der Waals surface area contributed by atoms with Gasteiger partial charge in [0.2, 0.25) is 0 Å². The van der Waals surface area contributed by atoms with Crippen molar-refractivity contribution in [1.82, 2.24) is 4.90 Å². The molecule has 1 aromatic rings. The zero-order chi connectivity index (χ0) is 12.1. The number of nitrogens with zero attached hydrogens (tertiary/aromatic N) is 1. The van der Waals surface area contributed by atoms with Gasteiger partial charge < -0.3 is 5.32 Å². The Morgan fingerprint density at radius 1 is 1.18 bits per heavy atom. The second kappa shape index (κ2) is 5.96. The highest BCUT2D eigenvalue weighted by Crippen LogP contribution is 2.16. The van der Waals surface area contributed by atoms with Gasteiger partial charge in [-0.3, -0.25) is 4.90 Å². The number of hydrogen-bond donors (Lipinski definition) is 1. The molecule has 0 spiro atoms. The lowest BCUT2D eigenvalue weighted by Crippen LogP contribution is -2.41. The third-order valence-corrected chi connectivity index (χ3v) is 3.13. The summed E-state index contributed by atoms with van der Waals surface area (Å²) in [7, 11) is 0. The Labute approximate surface area is 101 Å². The first-order valence-corrected chi connectivity index (χ1v) is 6.06. The molecule has 1 N–H and O–H groups in total. The maximum absolute atomic E-state index is 12.2. The number of benzene rings is 1. The van der Waals surface area contributed by atoms with Crippen LogP contribution in [0.25, 0.3) is 0 Å². The van der Waals surface area contributed by atoms with E-state index in [9.17, 15) is 8.78 Å². The highest BCUT2D eigenvalue weighted by atomic mass is 19.3. The van der Waals surface area contributed by atoms with E-state index in [1.807, 2.05) is 35.2 Å². The zero-order valence-corrected chi connectivity index (χ0v) is 9.78. The van der Waals surface area contributed by atoms with Gasteiger partial charge in [0.15, 0.2) is 0 Å². The minimum atomic E-state index is -2.21. The molecule has 0 amide bonds. The van der Waals surface area contributed by atoms with Crippen molar-refractivity contribution in [2.24, 2.45) is 0 Å². The summed E-state index contributed by atoms with van der Waals surface area (Å²) in [6.07, 6.45) is -0.350. The van der Waals surface area contributed by atoms with Crippen LogP contribution in [0.1, 0.15) is 12.8 Å². The van der Waals surface area contributed by atoms with Crippen molar-refractivity contribution in [2.45, 2.75) is 25.3 Å². The second-order valence-corrected chi connectivity index (χ2v) is 4.48. The van der Waals surface area contributed by atoms with E-state index in [1.165, 1.54) is 0 Å². The molecule has 2 rings (SSSR count). The Balaban J connectivity index is 1.76. The molecule has 1 heterocycles. The summed E-state index contributed by atoms with van der Waals surface area (Å²) in [5, 5.41) is 3.44. The minimum absolute atomic E-state index is 0.0853. The van der Waals surface area contributed by atoms with Crippen molar-refractivity contribution < 1.29 is 8.78 Å². The summed E-state index contributed by atoms with van der Waals surface area (Å²) in [5.41, 5.74) is 1.11. The summed E-state index contributed by atoms with van der Waals surface area (Å²) >= 11 is 0. The second-order valence-electron chi connectivity index (χ2n) is 4.48. The fourth-order valence-corrected chi connectivity index (χ4v) is 2.23. The van der Waals surface area contributed by atoms with E-state index in [1.54, 1.807) is 0 Å². The SMILES string of the molecule is FC(F)CN1CCC(Nc2ccccc2)CC1. The molecule has 0 aliphatic carbocycles. The molecule has 0 radical (unpaired) electrons. The number of halogens is 2. The van der Waals surface area contributed by atoms with Crippen LogP contribution in [-0.4, -0.2) is 37.0 Å². The number of piperidine rings is 1. The predicted molar refractivity (Wildman–Crippen MR) is 65.5 cm³/mol. The van der Waals surface area contributed by atoms with Gasteiger partial charge in [-0.2, -0.15) is 0 Å². The molecule has 0 unspecified atom stereocenters. The first-order valence-electron chi connectivity index (χ1n) is 6.06. The van der Waals surface area contributed by atoms with Crippen molar-refractivity contribution in [3.8, 4) is 0 Å². The Morgan fingerprint density at radius 2 is 1.82 bits per heavy atom. The number of likely N-dealkylation sites (tertiary alicyclic amines) is 1. The van der Waals surface area contributed by atoms with Crippen LogP contribution < -0.4 is 5.32 Å².